The number of benzene rings is 3. The number of nitrogens with zero attached hydrogens (tertiary/aromatic N) is 1. The van der Waals surface area contributed by atoms with Crippen molar-refractivity contribution in [1.82, 2.24) is 0 Å². The Balaban J connectivity index is 1.83. The quantitative estimate of drug-likeness (QED) is 0.442. The minimum Gasteiger partial charge on any atom is -0.497 e. The zero-order valence-corrected chi connectivity index (χ0v) is 15.0. The third-order valence-corrected chi connectivity index (χ3v) is 4.11. The number of hydrogen-bond acceptors (Lipinski definition) is 5. The fourth-order valence-electron chi connectivity index (χ4n) is 2.68. The van der Waals surface area contributed by atoms with Gasteiger partial charge in [-0.1, -0.05) is 24.3 Å². The SMILES string of the molecule is COc1ccc(COc2ccc(-c3cccc(OC)c3)c([N+](=O)[O-])c2)cc1. The highest BCUT2D eigenvalue weighted by atomic mass is 16.6. The smallest absolute Gasteiger partial charge is 0.280 e. The second-order valence-corrected chi connectivity index (χ2v) is 5.80. The topological polar surface area (TPSA) is 70.8 Å². The maximum atomic E-state index is 11.6. The van der Waals surface area contributed by atoms with Crippen LogP contribution in [0, 0.1) is 10.1 Å². The maximum absolute atomic E-state index is 11.6. The van der Waals surface area contributed by atoms with E-state index < -0.39 is 4.92 Å². The van der Waals surface area contributed by atoms with Crippen LogP contribution in [-0.4, -0.2) is 19.1 Å². The second-order valence-electron chi connectivity index (χ2n) is 5.80. The fourth-order valence-corrected chi connectivity index (χ4v) is 2.68. The van der Waals surface area contributed by atoms with Crippen molar-refractivity contribution in [2.45, 2.75) is 6.61 Å². The third-order valence-electron chi connectivity index (χ3n) is 4.11. The average Bonchev–Trinajstić information content (AvgIpc) is 2.72. The molecule has 0 saturated heterocycles. The molecule has 3 aromatic carbocycles. The Labute approximate surface area is 157 Å². The molecular weight excluding hydrogens is 346 g/mol. The van der Waals surface area contributed by atoms with Gasteiger partial charge in [-0.15, -0.1) is 0 Å². The van der Waals surface area contributed by atoms with Crippen LogP contribution in [0.2, 0.25) is 0 Å². The highest BCUT2D eigenvalue weighted by molar-refractivity contribution is 5.75. The third kappa shape index (κ3) is 4.36. The lowest BCUT2D eigenvalue weighted by Crippen LogP contribution is -1.98. The van der Waals surface area contributed by atoms with E-state index in [0.29, 0.717) is 29.2 Å². The van der Waals surface area contributed by atoms with Crippen LogP contribution in [-0.2, 0) is 6.61 Å². The van der Waals surface area contributed by atoms with E-state index in [4.69, 9.17) is 14.2 Å². The Morgan fingerprint density at radius 3 is 2.22 bits per heavy atom. The van der Waals surface area contributed by atoms with E-state index in [0.717, 1.165) is 11.3 Å². The van der Waals surface area contributed by atoms with Gasteiger partial charge in [0.15, 0.2) is 0 Å². The first kappa shape index (κ1) is 18.3. The van der Waals surface area contributed by atoms with Crippen molar-refractivity contribution in [2.75, 3.05) is 14.2 Å². The van der Waals surface area contributed by atoms with Crippen molar-refractivity contribution in [3.8, 4) is 28.4 Å². The lowest BCUT2D eigenvalue weighted by atomic mass is 10.0. The molecular formula is C21H19NO5. The molecule has 0 spiro atoms. The minimum absolute atomic E-state index is 0.0181. The van der Waals surface area contributed by atoms with Crippen molar-refractivity contribution in [3.05, 3.63) is 82.4 Å². The second kappa shape index (κ2) is 8.23. The van der Waals surface area contributed by atoms with Crippen molar-refractivity contribution in [3.63, 3.8) is 0 Å². The summed E-state index contributed by atoms with van der Waals surface area (Å²) in [5.41, 5.74) is 2.14. The van der Waals surface area contributed by atoms with Gasteiger partial charge in [-0.2, -0.15) is 0 Å². The molecule has 138 valence electrons. The van der Waals surface area contributed by atoms with E-state index >= 15 is 0 Å². The van der Waals surface area contributed by atoms with Gasteiger partial charge in [0.05, 0.1) is 30.8 Å². The summed E-state index contributed by atoms with van der Waals surface area (Å²) in [5.74, 6) is 1.84. The van der Waals surface area contributed by atoms with Crippen molar-refractivity contribution >= 4 is 5.69 Å². The molecule has 0 N–H and O–H groups in total. The van der Waals surface area contributed by atoms with Crippen LogP contribution < -0.4 is 14.2 Å². The zero-order valence-electron chi connectivity index (χ0n) is 15.0. The number of hydrogen-bond donors (Lipinski definition) is 0. The summed E-state index contributed by atoms with van der Waals surface area (Å²) < 4.78 is 16.0. The molecule has 0 unspecified atom stereocenters. The minimum atomic E-state index is -0.408. The molecule has 0 aliphatic carbocycles. The molecule has 6 heteroatoms. The van der Waals surface area contributed by atoms with Crippen LogP contribution in [0.15, 0.2) is 66.7 Å². The van der Waals surface area contributed by atoms with Crippen LogP contribution in [0.5, 0.6) is 17.2 Å². The van der Waals surface area contributed by atoms with E-state index in [1.54, 1.807) is 44.6 Å². The summed E-state index contributed by atoms with van der Waals surface area (Å²) in [6.45, 7) is 0.305. The molecule has 0 aromatic heterocycles. The van der Waals surface area contributed by atoms with E-state index in [1.807, 2.05) is 30.3 Å². The molecule has 0 radical (unpaired) electrons. The zero-order chi connectivity index (χ0) is 19.2. The standard InChI is InChI=1S/C21H19NO5/c1-25-17-8-6-15(7-9-17)14-27-19-10-11-20(21(13-19)22(23)24)16-4-3-5-18(12-16)26-2/h3-13H,14H2,1-2H3. The molecule has 0 fully saturated rings. The van der Waals surface area contributed by atoms with Crippen LogP contribution in [0.25, 0.3) is 11.1 Å². The number of methoxy groups -OCH3 is 2. The van der Waals surface area contributed by atoms with Gasteiger partial charge in [0.25, 0.3) is 5.69 Å². The normalized spacial score (nSPS) is 10.3. The number of nitro groups is 1. The summed E-state index contributed by atoms with van der Waals surface area (Å²) in [6.07, 6.45) is 0. The average molecular weight is 365 g/mol. The highest BCUT2D eigenvalue weighted by Gasteiger charge is 2.17. The van der Waals surface area contributed by atoms with Gasteiger partial charge < -0.3 is 14.2 Å². The van der Waals surface area contributed by atoms with Gasteiger partial charge in [-0.05, 0) is 47.5 Å². The molecule has 3 aromatic rings. The lowest BCUT2D eigenvalue weighted by molar-refractivity contribution is -0.384. The van der Waals surface area contributed by atoms with Crippen molar-refractivity contribution in [2.24, 2.45) is 0 Å². The Morgan fingerprint density at radius 2 is 1.56 bits per heavy atom. The molecule has 3 rings (SSSR count). The van der Waals surface area contributed by atoms with Crippen LogP contribution >= 0.6 is 0 Å². The first-order valence-corrected chi connectivity index (χ1v) is 8.29. The van der Waals surface area contributed by atoms with E-state index in [-0.39, 0.29) is 5.69 Å². The number of nitro benzene ring substituents is 1. The molecule has 0 heterocycles. The molecule has 0 saturated carbocycles. The van der Waals surface area contributed by atoms with E-state index in [2.05, 4.69) is 0 Å². The van der Waals surface area contributed by atoms with Gasteiger partial charge in [0, 0.05) is 0 Å². The van der Waals surface area contributed by atoms with Gasteiger partial charge in [-0.3, -0.25) is 10.1 Å². The maximum Gasteiger partial charge on any atom is 0.280 e. The number of ether oxygens (including phenoxy) is 3. The molecule has 6 nitrogen and oxygen atoms in total. The molecule has 0 bridgehead atoms. The van der Waals surface area contributed by atoms with Gasteiger partial charge in [0.1, 0.15) is 23.9 Å². The van der Waals surface area contributed by atoms with Gasteiger partial charge in [0.2, 0.25) is 0 Å². The molecule has 0 atom stereocenters. The predicted octanol–water partition coefficient (Wildman–Crippen LogP) is 4.86. The Morgan fingerprint density at radius 1 is 0.852 bits per heavy atom. The fraction of sp³-hybridized carbons (Fsp3) is 0.143. The van der Waals surface area contributed by atoms with Crippen molar-refractivity contribution in [1.29, 1.82) is 0 Å². The largest absolute Gasteiger partial charge is 0.497 e. The van der Waals surface area contributed by atoms with Crippen LogP contribution in [0.3, 0.4) is 0 Å². The number of rotatable bonds is 7. The summed E-state index contributed by atoms with van der Waals surface area (Å²) in [5, 5.41) is 11.6. The predicted molar refractivity (Wildman–Crippen MR) is 102 cm³/mol. The first-order valence-electron chi connectivity index (χ1n) is 8.29. The van der Waals surface area contributed by atoms with Crippen molar-refractivity contribution < 1.29 is 19.1 Å². The monoisotopic (exact) mass is 365 g/mol. The van der Waals surface area contributed by atoms with E-state index in [1.165, 1.54) is 6.07 Å². The molecule has 27 heavy (non-hydrogen) atoms. The van der Waals surface area contributed by atoms with Gasteiger partial charge in [-0.25, -0.2) is 0 Å². The van der Waals surface area contributed by atoms with Crippen LogP contribution in [0.1, 0.15) is 5.56 Å². The van der Waals surface area contributed by atoms with Crippen LogP contribution in [0.4, 0.5) is 5.69 Å². The molecule has 0 aliphatic heterocycles. The Hall–Kier alpha value is -3.54. The Bertz CT molecular complexity index is 938. The first-order chi connectivity index (χ1) is 13.1. The Kier molecular flexibility index (Phi) is 5.56. The summed E-state index contributed by atoms with van der Waals surface area (Å²) in [7, 11) is 3.16. The van der Waals surface area contributed by atoms with E-state index in [9.17, 15) is 10.1 Å². The summed E-state index contributed by atoms with van der Waals surface area (Å²) >= 11 is 0. The summed E-state index contributed by atoms with van der Waals surface area (Å²) in [6, 6.07) is 19.5. The molecule has 0 aliphatic rings. The lowest BCUT2D eigenvalue weighted by Gasteiger charge is -2.10. The van der Waals surface area contributed by atoms with Gasteiger partial charge >= 0.3 is 0 Å². The summed E-state index contributed by atoms with van der Waals surface area (Å²) in [4.78, 5) is 11.1. The molecule has 0 amide bonds. The highest BCUT2D eigenvalue weighted by Crippen LogP contribution is 2.34.